The summed E-state index contributed by atoms with van der Waals surface area (Å²) in [6.07, 6.45) is -3.22. The zero-order valence-corrected chi connectivity index (χ0v) is 12.9. The number of hydrogen-bond acceptors (Lipinski definition) is 2. The van der Waals surface area contributed by atoms with Gasteiger partial charge in [-0.15, -0.1) is 0 Å². The van der Waals surface area contributed by atoms with Crippen LogP contribution in [0.15, 0.2) is 0 Å². The van der Waals surface area contributed by atoms with Gasteiger partial charge in [0, 0.05) is 0 Å². The fourth-order valence-corrected chi connectivity index (χ4v) is 11.8. The van der Waals surface area contributed by atoms with Gasteiger partial charge in [-0.3, -0.25) is 4.57 Å². The molecule has 0 atom stereocenters. The lowest BCUT2D eigenvalue weighted by molar-refractivity contribution is 0.413. The lowest BCUT2D eigenvalue weighted by atomic mass is 10.7. The topological polar surface area (TPSA) is 12.5 Å². The third-order valence-corrected chi connectivity index (χ3v) is 9.55. The monoisotopic (exact) mass is 319 g/mol. The maximum atomic E-state index is 5.98. The highest BCUT2D eigenvalue weighted by Crippen LogP contribution is 2.32. The fraction of sp³-hybridized carbons (Fsp3) is 1.00. The van der Waals surface area contributed by atoms with E-state index in [0.29, 0.717) is 13.1 Å². The fourth-order valence-electron chi connectivity index (χ4n) is 0.796. The first-order valence-electron chi connectivity index (χ1n) is 3.62. The molecule has 0 aromatic carbocycles. The Labute approximate surface area is 104 Å². The Morgan fingerprint density at radius 1 is 1.00 bits per heavy atom. The molecule has 0 aliphatic rings. The van der Waals surface area contributed by atoms with Gasteiger partial charge in [0.25, 0.3) is 0 Å². The third-order valence-electron chi connectivity index (χ3n) is 1.37. The summed E-state index contributed by atoms with van der Waals surface area (Å²) >= 11 is 28.6. The van der Waals surface area contributed by atoms with Crippen molar-refractivity contribution in [2.45, 2.75) is 13.8 Å². The van der Waals surface area contributed by atoms with Gasteiger partial charge in [-0.05, 0) is 13.1 Å². The molecule has 0 unspecified atom stereocenters. The molecule has 0 fully saturated rings. The molecule has 0 heterocycles. The minimum absolute atomic E-state index is 0.671. The van der Waals surface area contributed by atoms with Gasteiger partial charge in [-0.2, -0.15) is 0 Å². The van der Waals surface area contributed by atoms with Crippen LogP contribution in [0.5, 0.6) is 0 Å². The summed E-state index contributed by atoms with van der Waals surface area (Å²) < 4.78 is 6.87. The summed E-state index contributed by atoms with van der Waals surface area (Å²) in [6, 6.07) is 0. The number of halogens is 5. The van der Waals surface area contributed by atoms with E-state index in [4.69, 9.17) is 59.5 Å². The van der Waals surface area contributed by atoms with Gasteiger partial charge in [0.05, 0.1) is 0 Å². The van der Waals surface area contributed by atoms with Crippen molar-refractivity contribution in [2.75, 3.05) is 13.1 Å². The molecule has 0 amide bonds. The first-order valence-corrected chi connectivity index (χ1v) is 12.4. The minimum atomic E-state index is -3.22. The van der Waals surface area contributed by atoms with Gasteiger partial charge in [0.15, 0.2) is 0 Å². The van der Waals surface area contributed by atoms with Crippen LogP contribution in [0.1, 0.15) is 13.8 Å². The highest BCUT2D eigenvalue weighted by molar-refractivity contribution is 7.64. The van der Waals surface area contributed by atoms with Gasteiger partial charge in [0.1, 0.15) is 0 Å². The van der Waals surface area contributed by atoms with Crippen LogP contribution in [0.4, 0.5) is 0 Å². The maximum Gasteiger partial charge on any atom is 0.486 e. The summed E-state index contributed by atoms with van der Waals surface area (Å²) in [6.45, 7) is 5.17. The first-order chi connectivity index (χ1) is 5.73. The van der Waals surface area contributed by atoms with Crippen molar-refractivity contribution in [3.63, 3.8) is 0 Å². The normalized spacial score (nSPS) is 13.8. The molecule has 0 bridgehead atoms. The maximum absolute atomic E-state index is 5.98. The van der Waals surface area contributed by atoms with Crippen LogP contribution in [0.3, 0.4) is 0 Å². The lowest BCUT2D eigenvalue weighted by Crippen LogP contribution is -2.50. The molecule has 80 valence electrons. The minimum Gasteiger partial charge on any atom is -0.387 e. The lowest BCUT2D eigenvalue weighted by Gasteiger charge is -2.30. The van der Waals surface area contributed by atoms with Crippen molar-refractivity contribution < 1.29 is 4.12 Å². The molecule has 0 radical (unpaired) electrons. The van der Waals surface area contributed by atoms with Crippen molar-refractivity contribution in [1.29, 1.82) is 0 Å². The van der Waals surface area contributed by atoms with E-state index < -0.39 is 13.3 Å². The van der Waals surface area contributed by atoms with Crippen LogP contribution >= 0.6 is 55.4 Å². The van der Waals surface area contributed by atoms with Crippen LogP contribution in [-0.4, -0.2) is 31.0 Å². The molecule has 0 spiro atoms. The summed E-state index contributed by atoms with van der Waals surface area (Å²) in [5.74, 6) is 0. The Hall–Kier alpha value is 1.80. The van der Waals surface area contributed by atoms with Gasteiger partial charge < -0.3 is 4.12 Å². The molecular weight excluding hydrogens is 311 g/mol. The van der Waals surface area contributed by atoms with E-state index in [-0.39, 0.29) is 0 Å². The van der Waals surface area contributed by atoms with Crippen molar-refractivity contribution in [2.24, 2.45) is 0 Å². The SMILES string of the molecule is CCN(CC)[Si](Cl)(Cl)O[Si](Cl)(Cl)Cl. The second kappa shape index (κ2) is 5.77. The molecule has 9 heteroatoms. The number of rotatable bonds is 5. The Kier molecular flexibility index (Phi) is 6.57. The van der Waals surface area contributed by atoms with Gasteiger partial charge >= 0.3 is 13.3 Å². The highest BCUT2D eigenvalue weighted by atomic mass is 35.8. The Bertz CT molecular complexity index is 159. The van der Waals surface area contributed by atoms with E-state index in [0.717, 1.165) is 0 Å². The summed E-state index contributed by atoms with van der Waals surface area (Å²) in [5, 5.41) is 0. The number of nitrogens with zero attached hydrogens (tertiary/aromatic N) is 1. The molecule has 2 nitrogen and oxygen atoms in total. The molecular formula is C4H10Cl5NOSi2. The summed E-state index contributed by atoms with van der Waals surface area (Å²) in [4.78, 5) is 0. The van der Waals surface area contributed by atoms with Crippen LogP contribution in [0.25, 0.3) is 0 Å². The predicted molar refractivity (Wildman–Crippen MR) is 64.8 cm³/mol. The Morgan fingerprint density at radius 2 is 1.38 bits per heavy atom. The average Bonchev–Trinajstić information content (AvgIpc) is 1.83. The second-order valence-electron chi connectivity index (χ2n) is 2.21. The van der Waals surface area contributed by atoms with E-state index in [1.165, 1.54) is 0 Å². The molecule has 0 aromatic rings. The number of hydrogen-bond donors (Lipinski definition) is 0. The van der Waals surface area contributed by atoms with Gasteiger partial charge in [-0.1, -0.05) is 69.2 Å². The second-order valence-corrected chi connectivity index (χ2v) is 15.7. The molecule has 0 aromatic heterocycles. The molecule has 0 saturated heterocycles. The van der Waals surface area contributed by atoms with Gasteiger partial charge in [0.2, 0.25) is 0 Å². The molecule has 0 aliphatic heterocycles. The van der Waals surface area contributed by atoms with Crippen molar-refractivity contribution in [1.82, 2.24) is 4.57 Å². The molecule has 0 saturated carbocycles. The Balaban J connectivity index is 4.36. The standard InChI is InChI=1S/C4H10Cl5NOSi2/c1-3-10(4-2)13(8,9)11-12(5,6)7/h3-4H2,1-2H3. The van der Waals surface area contributed by atoms with Crippen molar-refractivity contribution in [3.05, 3.63) is 0 Å². The van der Waals surface area contributed by atoms with E-state index in [9.17, 15) is 0 Å². The zero-order chi connectivity index (χ0) is 10.7. The van der Waals surface area contributed by atoms with E-state index in [1.807, 2.05) is 13.8 Å². The van der Waals surface area contributed by atoms with Crippen LogP contribution < -0.4 is 0 Å². The first kappa shape index (κ1) is 14.8. The smallest absolute Gasteiger partial charge is 0.387 e. The molecule has 0 N–H and O–H groups in total. The van der Waals surface area contributed by atoms with Crippen molar-refractivity contribution >= 4 is 68.7 Å². The molecule has 0 rings (SSSR count). The van der Waals surface area contributed by atoms with Gasteiger partial charge in [-0.25, -0.2) is 0 Å². The molecule has 13 heavy (non-hydrogen) atoms. The highest BCUT2D eigenvalue weighted by Gasteiger charge is 2.46. The van der Waals surface area contributed by atoms with Crippen LogP contribution in [0, 0.1) is 0 Å². The molecule has 0 aliphatic carbocycles. The quantitative estimate of drug-likeness (QED) is 0.568. The zero-order valence-electron chi connectivity index (χ0n) is 7.16. The third kappa shape index (κ3) is 6.07. The van der Waals surface area contributed by atoms with E-state index in [2.05, 4.69) is 0 Å². The van der Waals surface area contributed by atoms with E-state index in [1.54, 1.807) is 4.57 Å². The average molecular weight is 322 g/mol. The van der Waals surface area contributed by atoms with Crippen LogP contribution in [-0.2, 0) is 4.12 Å². The predicted octanol–water partition coefficient (Wildman–Crippen LogP) is 3.41. The Morgan fingerprint density at radius 3 is 1.62 bits per heavy atom. The van der Waals surface area contributed by atoms with Crippen molar-refractivity contribution in [3.8, 4) is 0 Å². The summed E-state index contributed by atoms with van der Waals surface area (Å²) in [5.41, 5.74) is 0. The largest absolute Gasteiger partial charge is 0.486 e. The van der Waals surface area contributed by atoms with Crippen LogP contribution in [0.2, 0.25) is 0 Å². The van der Waals surface area contributed by atoms with E-state index >= 15 is 0 Å². The summed E-state index contributed by atoms with van der Waals surface area (Å²) in [7, 11) is -3.02.